The molecule has 0 radical (unpaired) electrons. The lowest BCUT2D eigenvalue weighted by molar-refractivity contribution is 0.310. The van der Waals surface area contributed by atoms with Crippen LogP contribution >= 0.6 is 11.8 Å². The summed E-state index contributed by atoms with van der Waals surface area (Å²) in [6, 6.07) is 4.12. The quantitative estimate of drug-likeness (QED) is 0.808. The van der Waals surface area contributed by atoms with Crippen LogP contribution in [-0.2, 0) is 0 Å². The fourth-order valence-electron chi connectivity index (χ4n) is 1.81. The van der Waals surface area contributed by atoms with Crippen molar-refractivity contribution in [2.24, 2.45) is 0 Å². The van der Waals surface area contributed by atoms with Crippen molar-refractivity contribution in [3.8, 4) is 11.5 Å². The van der Waals surface area contributed by atoms with Gasteiger partial charge in [0.2, 0.25) is 0 Å². The number of thioether (sulfide) groups is 1. The first-order valence-corrected chi connectivity index (χ1v) is 6.60. The molecule has 1 heterocycles. The van der Waals surface area contributed by atoms with Crippen molar-refractivity contribution in [3.63, 3.8) is 0 Å². The maximum Gasteiger partial charge on any atom is 0.162 e. The molecule has 0 atom stereocenters. The summed E-state index contributed by atoms with van der Waals surface area (Å²) in [6.45, 7) is 7.05. The van der Waals surface area contributed by atoms with E-state index in [9.17, 15) is 0 Å². The molecule has 17 heavy (non-hydrogen) atoms. The molecule has 0 amide bonds. The first-order chi connectivity index (χ1) is 8.05. The van der Waals surface area contributed by atoms with Crippen molar-refractivity contribution >= 4 is 17.8 Å². The summed E-state index contributed by atoms with van der Waals surface area (Å²) in [5, 5.41) is 0. The molecule has 0 saturated carbocycles. The van der Waals surface area contributed by atoms with Crippen LogP contribution in [0.4, 0.5) is 0 Å². The van der Waals surface area contributed by atoms with Gasteiger partial charge in [-0.3, -0.25) is 0 Å². The monoisotopic (exact) mass is 250 g/mol. The number of hydrogen-bond donors (Lipinski definition) is 0. The highest BCUT2D eigenvalue weighted by Crippen LogP contribution is 2.44. The van der Waals surface area contributed by atoms with Gasteiger partial charge in [-0.1, -0.05) is 12.2 Å². The second-order valence-corrected chi connectivity index (χ2v) is 6.21. The molecular weight excluding hydrogens is 232 g/mol. The molecule has 2 rings (SSSR count). The third-order valence-electron chi connectivity index (χ3n) is 2.63. The fraction of sp³-hybridized carbons (Fsp3) is 0.429. The van der Waals surface area contributed by atoms with E-state index in [1.807, 2.05) is 24.8 Å². The maximum absolute atomic E-state index is 5.60. The zero-order valence-corrected chi connectivity index (χ0v) is 11.6. The van der Waals surface area contributed by atoms with Crippen molar-refractivity contribution in [1.82, 2.24) is 0 Å². The second kappa shape index (κ2) is 4.65. The van der Waals surface area contributed by atoms with Gasteiger partial charge < -0.3 is 9.47 Å². The largest absolute Gasteiger partial charge is 0.493 e. The average molecular weight is 250 g/mol. The first-order valence-electron chi connectivity index (χ1n) is 5.79. The smallest absolute Gasteiger partial charge is 0.162 e. The number of methoxy groups -OCH3 is 1. The number of hydrogen-bond acceptors (Lipinski definition) is 3. The number of ether oxygens (including phenoxy) is 2. The lowest BCUT2D eigenvalue weighted by Gasteiger charge is -2.26. The van der Waals surface area contributed by atoms with Crippen LogP contribution in [0.3, 0.4) is 0 Å². The topological polar surface area (TPSA) is 18.5 Å². The zero-order valence-electron chi connectivity index (χ0n) is 10.7. The zero-order chi connectivity index (χ0) is 12.5. The summed E-state index contributed by atoms with van der Waals surface area (Å²) >= 11 is 1.85. The molecular formula is C14H18O2S. The van der Waals surface area contributed by atoms with E-state index in [-0.39, 0.29) is 4.75 Å². The Kier molecular flexibility index (Phi) is 3.38. The van der Waals surface area contributed by atoms with Crippen LogP contribution < -0.4 is 9.47 Å². The highest BCUT2D eigenvalue weighted by molar-refractivity contribution is 8.01. The molecule has 2 nitrogen and oxygen atoms in total. The van der Waals surface area contributed by atoms with Gasteiger partial charge in [0.15, 0.2) is 11.5 Å². The van der Waals surface area contributed by atoms with Crippen molar-refractivity contribution in [2.45, 2.75) is 30.4 Å². The van der Waals surface area contributed by atoms with Crippen LogP contribution in [0.5, 0.6) is 11.5 Å². The summed E-state index contributed by atoms with van der Waals surface area (Å²) in [5.74, 6) is 1.63. The number of benzene rings is 1. The summed E-state index contributed by atoms with van der Waals surface area (Å²) in [4.78, 5) is 1.25. The maximum atomic E-state index is 5.60. The molecule has 1 aliphatic rings. The van der Waals surface area contributed by atoms with Gasteiger partial charge in [-0.25, -0.2) is 0 Å². The number of fused-ring (bicyclic) bond motifs is 1. The Labute approximate surface area is 107 Å². The van der Waals surface area contributed by atoms with Crippen LogP contribution in [0.2, 0.25) is 0 Å². The van der Waals surface area contributed by atoms with Crippen LogP contribution in [0.1, 0.15) is 26.3 Å². The van der Waals surface area contributed by atoms with Gasteiger partial charge >= 0.3 is 0 Å². The van der Waals surface area contributed by atoms with Gasteiger partial charge in [-0.05, 0) is 38.5 Å². The normalized spacial score (nSPS) is 16.5. The molecule has 0 aliphatic carbocycles. The average Bonchev–Trinajstić information content (AvgIpc) is 2.27. The molecule has 0 unspecified atom stereocenters. The summed E-state index contributed by atoms with van der Waals surface area (Å²) in [7, 11) is 1.67. The van der Waals surface area contributed by atoms with E-state index < -0.39 is 0 Å². The van der Waals surface area contributed by atoms with E-state index in [1.54, 1.807) is 7.11 Å². The Morgan fingerprint density at radius 1 is 1.24 bits per heavy atom. The molecule has 0 aromatic heterocycles. The minimum Gasteiger partial charge on any atom is -0.493 e. The van der Waals surface area contributed by atoms with Crippen molar-refractivity contribution < 1.29 is 9.47 Å². The highest BCUT2D eigenvalue weighted by Gasteiger charge is 2.23. The Morgan fingerprint density at radius 3 is 2.65 bits per heavy atom. The van der Waals surface area contributed by atoms with Gasteiger partial charge in [0, 0.05) is 9.64 Å². The van der Waals surface area contributed by atoms with E-state index >= 15 is 0 Å². The Morgan fingerprint density at radius 2 is 2.00 bits per heavy atom. The van der Waals surface area contributed by atoms with Crippen LogP contribution in [-0.4, -0.2) is 18.5 Å². The van der Waals surface area contributed by atoms with E-state index in [4.69, 9.17) is 9.47 Å². The Bertz CT molecular complexity index is 450. The molecule has 0 bridgehead atoms. The molecule has 0 N–H and O–H groups in total. The predicted octanol–water partition coefficient (Wildman–Crippen LogP) is 3.99. The van der Waals surface area contributed by atoms with Crippen molar-refractivity contribution in [1.29, 1.82) is 0 Å². The summed E-state index contributed by atoms with van der Waals surface area (Å²) < 4.78 is 11.1. The molecule has 1 aromatic carbocycles. The van der Waals surface area contributed by atoms with Gasteiger partial charge in [-0.15, -0.1) is 11.8 Å². The second-order valence-electron chi connectivity index (χ2n) is 4.51. The highest BCUT2D eigenvalue weighted by atomic mass is 32.2. The third-order valence-corrected chi connectivity index (χ3v) is 3.87. The third kappa shape index (κ3) is 2.60. The SMILES string of the molecule is CCOc1cc2c(cc1OC)C=CC(C)(C)S2. The minimum atomic E-state index is 0.144. The Hall–Kier alpha value is -1.09. The van der Waals surface area contributed by atoms with Crippen molar-refractivity contribution in [3.05, 3.63) is 23.8 Å². The van der Waals surface area contributed by atoms with Gasteiger partial charge in [0.25, 0.3) is 0 Å². The molecule has 3 heteroatoms. The summed E-state index contributed by atoms with van der Waals surface area (Å²) in [5.41, 5.74) is 1.20. The van der Waals surface area contributed by atoms with Crippen LogP contribution in [0, 0.1) is 0 Å². The molecule has 92 valence electrons. The molecule has 0 spiro atoms. The van der Waals surface area contributed by atoms with Gasteiger partial charge in [-0.2, -0.15) is 0 Å². The first kappa shape index (κ1) is 12.4. The van der Waals surface area contributed by atoms with E-state index in [0.717, 1.165) is 11.5 Å². The van der Waals surface area contributed by atoms with Gasteiger partial charge in [0.1, 0.15) is 0 Å². The number of rotatable bonds is 3. The lowest BCUT2D eigenvalue weighted by Crippen LogP contribution is -2.13. The van der Waals surface area contributed by atoms with Crippen LogP contribution in [0.25, 0.3) is 6.08 Å². The minimum absolute atomic E-state index is 0.144. The Balaban J connectivity index is 2.44. The van der Waals surface area contributed by atoms with Crippen molar-refractivity contribution in [2.75, 3.05) is 13.7 Å². The molecule has 1 aromatic rings. The predicted molar refractivity (Wildman–Crippen MR) is 73.1 cm³/mol. The van der Waals surface area contributed by atoms with E-state index in [2.05, 4.69) is 32.1 Å². The molecule has 0 saturated heterocycles. The fourth-order valence-corrected chi connectivity index (χ4v) is 2.93. The standard InChI is InChI=1S/C14H18O2S/c1-5-16-12-9-13-10(8-11(12)15-4)6-7-14(2,3)17-13/h6-9H,5H2,1-4H3. The van der Waals surface area contributed by atoms with E-state index in [0.29, 0.717) is 6.61 Å². The summed E-state index contributed by atoms with van der Waals surface area (Å²) in [6.07, 6.45) is 4.38. The van der Waals surface area contributed by atoms with E-state index in [1.165, 1.54) is 10.5 Å². The van der Waals surface area contributed by atoms with Crippen LogP contribution in [0.15, 0.2) is 23.1 Å². The van der Waals surface area contributed by atoms with Gasteiger partial charge in [0.05, 0.1) is 13.7 Å². The molecule has 1 aliphatic heterocycles. The molecule has 0 fully saturated rings. The lowest BCUT2D eigenvalue weighted by atomic mass is 10.1.